The first kappa shape index (κ1) is 14.9. The molecule has 0 unspecified atom stereocenters. The van der Waals surface area contributed by atoms with E-state index >= 15 is 0 Å². The molecule has 0 aliphatic carbocycles. The molecule has 2 aromatic rings. The third-order valence-corrected chi connectivity index (χ3v) is 4.52. The molecule has 2 amide bonds. The summed E-state index contributed by atoms with van der Waals surface area (Å²) in [7, 11) is 0. The summed E-state index contributed by atoms with van der Waals surface area (Å²) in [6.07, 6.45) is 0. The molecular weight excluding hydrogens is 320 g/mol. The molecule has 0 radical (unpaired) electrons. The molecule has 4 nitrogen and oxygen atoms in total. The van der Waals surface area contributed by atoms with Gasteiger partial charge in [-0.15, -0.1) is 0 Å². The molecule has 1 N–H and O–H groups in total. The molecule has 1 saturated heterocycles. The van der Waals surface area contributed by atoms with Crippen molar-refractivity contribution in [2.45, 2.75) is 12.3 Å². The van der Waals surface area contributed by atoms with Crippen LogP contribution in [0.15, 0.2) is 48.5 Å². The Hall–Kier alpha value is -1.98. The second-order valence-corrected chi connectivity index (χ2v) is 6.37. The molecule has 1 heterocycles. The van der Waals surface area contributed by atoms with Crippen molar-refractivity contribution in [2.75, 3.05) is 10.2 Å². The highest BCUT2D eigenvalue weighted by molar-refractivity contribution is 8.16. The van der Waals surface area contributed by atoms with Crippen LogP contribution < -0.4 is 10.2 Å². The molecule has 0 aromatic heterocycles. The molecule has 6 heteroatoms. The smallest absolute Gasteiger partial charge is 0.295 e. The zero-order valence-corrected chi connectivity index (χ0v) is 13.3. The molecule has 2 aromatic carbocycles. The molecule has 0 spiro atoms. The van der Waals surface area contributed by atoms with Gasteiger partial charge in [-0.3, -0.25) is 9.59 Å². The summed E-state index contributed by atoms with van der Waals surface area (Å²) >= 11 is 6.95. The molecule has 112 valence electrons. The van der Waals surface area contributed by atoms with Crippen molar-refractivity contribution < 1.29 is 9.59 Å². The predicted molar refractivity (Wildman–Crippen MR) is 90.5 cm³/mol. The Morgan fingerprint density at radius 2 is 1.86 bits per heavy atom. The highest BCUT2D eigenvalue weighted by Gasteiger charge is 2.40. The van der Waals surface area contributed by atoms with Gasteiger partial charge in [0.2, 0.25) is 0 Å². The largest absolute Gasteiger partial charge is 0.365 e. The summed E-state index contributed by atoms with van der Waals surface area (Å²) in [6.45, 7) is 1.92. The molecule has 1 aliphatic rings. The lowest BCUT2D eigenvalue weighted by atomic mass is 10.2. The fourth-order valence-electron chi connectivity index (χ4n) is 2.20. The van der Waals surface area contributed by atoms with Crippen LogP contribution in [0.5, 0.6) is 0 Å². The fraction of sp³-hybridized carbons (Fsp3) is 0.125. The molecule has 0 bridgehead atoms. The van der Waals surface area contributed by atoms with Crippen molar-refractivity contribution in [1.82, 2.24) is 0 Å². The maximum Gasteiger partial charge on any atom is 0.295 e. The van der Waals surface area contributed by atoms with Crippen LogP contribution >= 0.6 is 23.4 Å². The van der Waals surface area contributed by atoms with E-state index in [0.29, 0.717) is 10.7 Å². The van der Waals surface area contributed by atoms with Crippen molar-refractivity contribution in [3.8, 4) is 0 Å². The number of carbonyl (C=O) groups excluding carboxylic acids is 2. The number of rotatable bonds is 3. The van der Waals surface area contributed by atoms with Gasteiger partial charge >= 0.3 is 0 Å². The molecular formula is C16H13ClN2O2S. The minimum Gasteiger partial charge on any atom is -0.365 e. The maximum atomic E-state index is 12.5. The summed E-state index contributed by atoms with van der Waals surface area (Å²) < 4.78 is 0. The van der Waals surface area contributed by atoms with E-state index < -0.39 is 5.37 Å². The maximum absolute atomic E-state index is 12.5. The average molecular weight is 333 g/mol. The SMILES string of the molecule is Cc1ccc(Cl)cc1N[C@H]1SC(=O)N(c2ccccc2)C1=O. The number of thioether (sulfide) groups is 1. The van der Waals surface area contributed by atoms with Crippen LogP contribution in [0, 0.1) is 6.92 Å². The number of anilines is 2. The fourth-order valence-corrected chi connectivity index (χ4v) is 3.27. The Kier molecular flexibility index (Phi) is 4.09. The van der Waals surface area contributed by atoms with E-state index in [1.54, 1.807) is 36.4 Å². The molecule has 3 rings (SSSR count). The molecule has 0 saturated carbocycles. The number of hydrogen-bond donors (Lipinski definition) is 1. The van der Waals surface area contributed by atoms with Gasteiger partial charge in [-0.05, 0) is 48.5 Å². The molecule has 1 aliphatic heterocycles. The summed E-state index contributed by atoms with van der Waals surface area (Å²) in [5.74, 6) is -0.277. The highest BCUT2D eigenvalue weighted by atomic mass is 35.5. The summed E-state index contributed by atoms with van der Waals surface area (Å²) in [4.78, 5) is 25.8. The van der Waals surface area contributed by atoms with Crippen molar-refractivity contribution in [3.63, 3.8) is 0 Å². The van der Waals surface area contributed by atoms with Gasteiger partial charge in [-0.2, -0.15) is 0 Å². The van der Waals surface area contributed by atoms with Crippen LogP contribution in [0.3, 0.4) is 0 Å². The second kappa shape index (κ2) is 6.02. The monoisotopic (exact) mass is 332 g/mol. The Balaban J connectivity index is 1.84. The van der Waals surface area contributed by atoms with Gasteiger partial charge in [0.1, 0.15) is 0 Å². The quantitative estimate of drug-likeness (QED) is 0.911. The van der Waals surface area contributed by atoms with Crippen LogP contribution in [0.4, 0.5) is 16.2 Å². The van der Waals surface area contributed by atoms with Crippen LogP contribution in [-0.4, -0.2) is 16.5 Å². The number of para-hydroxylation sites is 1. The number of amides is 2. The number of halogens is 1. The standard InChI is InChI=1S/C16H13ClN2O2S/c1-10-7-8-11(17)9-13(10)18-14-15(20)19(16(21)22-14)12-5-3-2-4-6-12/h2-9,14,18H,1H3/t14-/m0/s1. The van der Waals surface area contributed by atoms with E-state index in [2.05, 4.69) is 5.32 Å². The van der Waals surface area contributed by atoms with E-state index in [0.717, 1.165) is 23.0 Å². The number of benzene rings is 2. The Morgan fingerprint density at radius 1 is 1.14 bits per heavy atom. The number of nitrogens with zero attached hydrogens (tertiary/aromatic N) is 1. The third-order valence-electron chi connectivity index (χ3n) is 3.35. The number of nitrogens with one attached hydrogen (secondary N) is 1. The minimum atomic E-state index is -0.648. The van der Waals surface area contributed by atoms with E-state index in [-0.39, 0.29) is 11.1 Å². The van der Waals surface area contributed by atoms with Gasteiger partial charge in [0.25, 0.3) is 11.1 Å². The normalized spacial score (nSPS) is 17.9. The van der Waals surface area contributed by atoms with Crippen molar-refractivity contribution in [1.29, 1.82) is 0 Å². The summed E-state index contributed by atoms with van der Waals surface area (Å²) in [5.41, 5.74) is 2.29. The van der Waals surface area contributed by atoms with E-state index in [4.69, 9.17) is 11.6 Å². The zero-order valence-electron chi connectivity index (χ0n) is 11.7. The van der Waals surface area contributed by atoms with Crippen LogP contribution in [0.2, 0.25) is 5.02 Å². The summed E-state index contributed by atoms with van der Waals surface area (Å²) in [5, 5.41) is 2.74. The van der Waals surface area contributed by atoms with Crippen molar-refractivity contribution in [2.24, 2.45) is 0 Å². The van der Waals surface area contributed by atoms with E-state index in [1.165, 1.54) is 4.90 Å². The Labute approximate surface area is 137 Å². The second-order valence-electron chi connectivity index (χ2n) is 4.88. The predicted octanol–water partition coefficient (Wildman–Crippen LogP) is 4.29. The van der Waals surface area contributed by atoms with E-state index in [1.807, 2.05) is 19.1 Å². The average Bonchev–Trinajstić information content (AvgIpc) is 2.78. The topological polar surface area (TPSA) is 49.4 Å². The first-order valence-corrected chi connectivity index (χ1v) is 7.94. The van der Waals surface area contributed by atoms with Crippen molar-refractivity contribution in [3.05, 3.63) is 59.1 Å². The van der Waals surface area contributed by atoms with Crippen LogP contribution in [-0.2, 0) is 4.79 Å². The molecule has 1 fully saturated rings. The van der Waals surface area contributed by atoms with Crippen molar-refractivity contribution >= 4 is 45.9 Å². The molecule has 22 heavy (non-hydrogen) atoms. The first-order chi connectivity index (χ1) is 10.6. The van der Waals surface area contributed by atoms with Crippen LogP contribution in [0.25, 0.3) is 0 Å². The Morgan fingerprint density at radius 3 is 2.59 bits per heavy atom. The number of carbonyl (C=O) groups is 2. The zero-order chi connectivity index (χ0) is 15.7. The lowest BCUT2D eigenvalue weighted by Crippen LogP contribution is -2.34. The lowest BCUT2D eigenvalue weighted by molar-refractivity contribution is -0.116. The Bertz CT molecular complexity index is 736. The third kappa shape index (κ3) is 2.82. The van der Waals surface area contributed by atoms with Gasteiger partial charge in [0.05, 0.1) is 5.69 Å². The number of imide groups is 1. The lowest BCUT2D eigenvalue weighted by Gasteiger charge is -2.16. The van der Waals surface area contributed by atoms with Crippen LogP contribution in [0.1, 0.15) is 5.56 Å². The van der Waals surface area contributed by atoms with E-state index in [9.17, 15) is 9.59 Å². The number of aryl methyl sites for hydroxylation is 1. The number of hydrogen-bond acceptors (Lipinski definition) is 4. The molecule has 1 atom stereocenters. The van der Waals surface area contributed by atoms with Gasteiger partial charge in [0, 0.05) is 10.7 Å². The van der Waals surface area contributed by atoms with Gasteiger partial charge < -0.3 is 5.32 Å². The van der Waals surface area contributed by atoms with Gasteiger partial charge in [-0.25, -0.2) is 4.90 Å². The summed E-state index contributed by atoms with van der Waals surface area (Å²) in [6, 6.07) is 14.3. The van der Waals surface area contributed by atoms with Gasteiger partial charge in [-0.1, -0.05) is 35.9 Å². The highest BCUT2D eigenvalue weighted by Crippen LogP contribution is 2.33. The first-order valence-electron chi connectivity index (χ1n) is 6.68. The minimum absolute atomic E-state index is 0.277. The van der Waals surface area contributed by atoms with Gasteiger partial charge in [0.15, 0.2) is 5.37 Å².